The fraction of sp³-hybridized carbons (Fsp3) is 0.282. The largest absolute Gasteiger partial charge is 0.510 e. The minimum absolute atomic E-state index is 0. The first-order chi connectivity index (χ1) is 20.9. The summed E-state index contributed by atoms with van der Waals surface area (Å²) in [6, 6.07) is 34.0. The number of benzene rings is 4. The van der Waals surface area contributed by atoms with Crippen LogP contribution in [0.25, 0.3) is 10.9 Å². The van der Waals surface area contributed by atoms with E-state index in [0.717, 1.165) is 28.5 Å². The van der Waals surface area contributed by atoms with E-state index in [9.17, 15) is 5.11 Å². The molecule has 6 heteroatoms. The van der Waals surface area contributed by atoms with E-state index in [-0.39, 0.29) is 43.7 Å². The number of ether oxygens (including phenoxy) is 2. The molecule has 0 saturated heterocycles. The number of rotatable bonds is 5. The van der Waals surface area contributed by atoms with Crippen LogP contribution >= 0.6 is 0 Å². The average molecular weight is 777 g/mol. The summed E-state index contributed by atoms with van der Waals surface area (Å²) in [4.78, 5) is 9.91. The molecule has 0 saturated carbocycles. The Balaban J connectivity index is 0.00000357. The molecule has 2 aliphatic rings. The summed E-state index contributed by atoms with van der Waals surface area (Å²) in [5.41, 5.74) is 5.94. The molecule has 4 aromatic carbocycles. The van der Waals surface area contributed by atoms with Crippen molar-refractivity contribution in [3.05, 3.63) is 130 Å². The van der Waals surface area contributed by atoms with Crippen LogP contribution in [0.4, 0.5) is 0 Å². The minimum atomic E-state index is -0.499. The van der Waals surface area contributed by atoms with E-state index in [1.165, 1.54) is 16.7 Å². The molecule has 0 bridgehead atoms. The van der Waals surface area contributed by atoms with E-state index < -0.39 is 5.60 Å². The van der Waals surface area contributed by atoms with Crippen molar-refractivity contribution < 1.29 is 35.6 Å². The number of hydrogen-bond donors (Lipinski definition) is 1. The second kappa shape index (κ2) is 11.1. The number of phenols is 1. The second-order valence-corrected chi connectivity index (χ2v) is 13.7. The van der Waals surface area contributed by atoms with Crippen LogP contribution in [-0.2, 0) is 37.6 Å². The van der Waals surface area contributed by atoms with Crippen LogP contribution < -0.4 is 4.74 Å². The molecule has 5 nitrogen and oxygen atoms in total. The van der Waals surface area contributed by atoms with Crippen molar-refractivity contribution >= 4 is 16.8 Å². The van der Waals surface area contributed by atoms with Gasteiger partial charge in [0.05, 0.1) is 0 Å². The molecule has 5 aromatic rings. The first-order valence-electron chi connectivity index (χ1n) is 15.2. The number of pyridine rings is 1. The molecule has 0 amide bonds. The molecule has 232 valence electrons. The maximum absolute atomic E-state index is 10.6. The maximum Gasteiger partial charge on any atom is 0.217 e. The summed E-state index contributed by atoms with van der Waals surface area (Å²) in [6.45, 7) is 13.1. The summed E-state index contributed by atoms with van der Waals surface area (Å²) in [5, 5.41) is 11.4. The molecule has 0 unspecified atom stereocenters. The SMILES string of the molecule is Cc1cc(O)c2nc(Oc3[c-]c(C4=N[C@H]5c6ccccc6C[C@@]5(C(C)(C)C)O4)cc(C(C)(C)c4ccccc4)c3)ccc2c1.[Pt]. The van der Waals surface area contributed by atoms with Crippen molar-refractivity contribution in [2.45, 2.75) is 65.0 Å². The van der Waals surface area contributed by atoms with Gasteiger partial charge < -0.3 is 14.6 Å². The second-order valence-electron chi connectivity index (χ2n) is 13.7. The first kappa shape index (κ1) is 31.0. The van der Waals surface area contributed by atoms with Crippen molar-refractivity contribution in [1.82, 2.24) is 4.98 Å². The predicted octanol–water partition coefficient (Wildman–Crippen LogP) is 9.02. The number of aryl methyl sites for hydroxylation is 1. The minimum Gasteiger partial charge on any atom is -0.510 e. The Morgan fingerprint density at radius 3 is 2.38 bits per heavy atom. The summed E-state index contributed by atoms with van der Waals surface area (Å²) in [6.07, 6.45) is 0.798. The third-order valence-electron chi connectivity index (χ3n) is 9.44. The van der Waals surface area contributed by atoms with Crippen molar-refractivity contribution in [1.29, 1.82) is 0 Å². The van der Waals surface area contributed by atoms with E-state index in [1.807, 2.05) is 37.3 Å². The number of aliphatic imine (C=N–C) groups is 1. The zero-order valence-electron chi connectivity index (χ0n) is 26.4. The van der Waals surface area contributed by atoms with E-state index in [0.29, 0.717) is 23.0 Å². The summed E-state index contributed by atoms with van der Waals surface area (Å²) in [5.74, 6) is 1.59. The zero-order chi connectivity index (χ0) is 30.9. The first-order valence-corrected chi connectivity index (χ1v) is 15.2. The normalized spacial score (nSPS) is 18.9. The van der Waals surface area contributed by atoms with Crippen LogP contribution in [0.3, 0.4) is 0 Å². The quantitative estimate of drug-likeness (QED) is 0.181. The van der Waals surface area contributed by atoms with E-state index in [1.54, 1.807) is 6.07 Å². The van der Waals surface area contributed by atoms with Gasteiger partial charge in [-0.2, -0.15) is 0 Å². The fourth-order valence-electron chi connectivity index (χ4n) is 6.74. The molecule has 0 radical (unpaired) electrons. The third kappa shape index (κ3) is 5.25. The Kier molecular flexibility index (Phi) is 7.68. The molecule has 0 fully saturated rings. The topological polar surface area (TPSA) is 63.9 Å². The molecule has 45 heavy (non-hydrogen) atoms. The molecule has 1 aliphatic heterocycles. The average Bonchev–Trinajstić information content (AvgIpc) is 3.53. The third-order valence-corrected chi connectivity index (χ3v) is 9.44. The number of aromatic hydroxyl groups is 1. The van der Waals surface area contributed by atoms with Gasteiger partial charge in [-0.3, -0.25) is 4.99 Å². The fourth-order valence-corrected chi connectivity index (χ4v) is 6.74. The van der Waals surface area contributed by atoms with Crippen LogP contribution in [0, 0.1) is 18.4 Å². The van der Waals surface area contributed by atoms with Crippen molar-refractivity contribution in [3.8, 4) is 17.4 Å². The molecular weight excluding hydrogens is 740 g/mol. The van der Waals surface area contributed by atoms with Crippen LogP contribution in [0.2, 0.25) is 0 Å². The van der Waals surface area contributed by atoms with E-state index in [4.69, 9.17) is 14.5 Å². The Labute approximate surface area is 279 Å². The van der Waals surface area contributed by atoms with Crippen molar-refractivity contribution in [2.24, 2.45) is 10.4 Å². The van der Waals surface area contributed by atoms with Crippen LogP contribution in [-0.4, -0.2) is 21.6 Å². The smallest absolute Gasteiger partial charge is 0.217 e. The molecule has 1 N–H and O–H groups in total. The van der Waals surface area contributed by atoms with E-state index in [2.05, 4.69) is 100 Å². The van der Waals surface area contributed by atoms with Crippen LogP contribution in [0.15, 0.2) is 96.0 Å². The monoisotopic (exact) mass is 776 g/mol. The van der Waals surface area contributed by atoms with Crippen molar-refractivity contribution in [2.75, 3.05) is 0 Å². The molecule has 7 rings (SSSR count). The Morgan fingerprint density at radius 2 is 1.62 bits per heavy atom. The van der Waals surface area contributed by atoms with Crippen molar-refractivity contribution in [3.63, 3.8) is 0 Å². The van der Waals surface area contributed by atoms with Gasteiger partial charge in [0.15, 0.2) is 0 Å². The standard InChI is InChI=1S/C39H37N2O3.Pt/c1-24-18-25-16-17-33(40-34(25)32(42)19-24)43-30-21-27(20-29(22-30)38(5,6)28-13-8-7-9-14-28)36-41-35-31-15-11-10-12-26(31)23-39(35,44-36)37(2,3)4;/h7-20,22,35,42H,23H2,1-6H3;/q-1;/t35-,39+;/m0./s1. The van der Waals surface area contributed by atoms with Gasteiger partial charge in [-0.1, -0.05) is 107 Å². The van der Waals surface area contributed by atoms with Gasteiger partial charge in [-0.05, 0) is 52.8 Å². The van der Waals surface area contributed by atoms with Gasteiger partial charge in [0, 0.05) is 50.1 Å². The molecule has 2 atom stereocenters. The van der Waals surface area contributed by atoms with Gasteiger partial charge in [0.1, 0.15) is 28.8 Å². The molecule has 0 spiro atoms. The summed E-state index contributed by atoms with van der Waals surface area (Å²) < 4.78 is 13.4. The van der Waals surface area contributed by atoms with E-state index >= 15 is 0 Å². The summed E-state index contributed by atoms with van der Waals surface area (Å²) in [7, 11) is 0. The summed E-state index contributed by atoms with van der Waals surface area (Å²) >= 11 is 0. The molecule has 1 aromatic heterocycles. The Morgan fingerprint density at radius 1 is 0.889 bits per heavy atom. The van der Waals surface area contributed by atoms with Crippen LogP contribution in [0.1, 0.15) is 74.0 Å². The Hall–Kier alpha value is -3.95. The van der Waals surface area contributed by atoms with Gasteiger partial charge >= 0.3 is 0 Å². The van der Waals surface area contributed by atoms with Crippen LogP contribution in [0.5, 0.6) is 17.4 Å². The number of nitrogens with zero attached hydrogens (tertiary/aromatic N) is 2. The van der Waals surface area contributed by atoms with Gasteiger partial charge in [-0.15, -0.1) is 11.6 Å². The Bertz CT molecular complexity index is 1940. The zero-order valence-corrected chi connectivity index (χ0v) is 28.7. The molecule has 2 heterocycles. The molecular formula is C39H37N2O3Pt-. The predicted molar refractivity (Wildman–Crippen MR) is 175 cm³/mol. The number of phenolic OH excluding ortho intramolecular Hbond substituents is 1. The number of aromatic nitrogens is 1. The maximum atomic E-state index is 10.6. The van der Waals surface area contributed by atoms with Gasteiger partial charge in [0.2, 0.25) is 5.88 Å². The number of fused-ring (bicyclic) bond motifs is 4. The molecule has 1 aliphatic carbocycles. The van der Waals surface area contributed by atoms with Gasteiger partial charge in [-0.25, -0.2) is 4.98 Å². The van der Waals surface area contributed by atoms with Gasteiger partial charge in [0.25, 0.3) is 0 Å². The number of hydrogen-bond acceptors (Lipinski definition) is 5.